The molecule has 0 aliphatic heterocycles. The Morgan fingerprint density at radius 2 is 2.25 bits per heavy atom. The minimum absolute atomic E-state index is 0.0997. The maximum atomic E-state index is 11.1. The Hall–Kier alpha value is -1.06. The molecular weight excluding hydrogens is 158 g/mol. The number of carbonyl (C=O) groups excluding carboxylic acids is 2. The highest BCUT2D eigenvalue weighted by molar-refractivity contribution is 5.78. The fraction of sp³-hybridized carbons (Fsp3) is 0.750. The molecule has 0 saturated heterocycles. The van der Waals surface area contributed by atoms with E-state index in [1.165, 1.54) is 7.11 Å². The van der Waals surface area contributed by atoms with E-state index >= 15 is 0 Å². The topological polar surface area (TPSA) is 55.4 Å². The third kappa shape index (κ3) is 2.90. The van der Waals surface area contributed by atoms with Gasteiger partial charge in [-0.05, 0) is 5.92 Å². The summed E-state index contributed by atoms with van der Waals surface area (Å²) < 4.78 is 4.53. The summed E-state index contributed by atoms with van der Waals surface area (Å²) in [4.78, 5) is 21.2. The molecule has 4 heteroatoms. The molecule has 4 nitrogen and oxygen atoms in total. The lowest BCUT2D eigenvalue weighted by Crippen LogP contribution is -2.41. The number of rotatable bonds is 5. The van der Waals surface area contributed by atoms with Crippen LogP contribution in [0.15, 0.2) is 0 Å². The number of hydrogen-bond acceptors (Lipinski definition) is 3. The van der Waals surface area contributed by atoms with Crippen LogP contribution in [0.3, 0.4) is 0 Å². The molecule has 1 amide bonds. The second-order valence-electron chi connectivity index (χ2n) is 2.67. The van der Waals surface area contributed by atoms with Crippen molar-refractivity contribution in [1.82, 2.24) is 5.32 Å². The van der Waals surface area contributed by atoms with Gasteiger partial charge in [0.05, 0.1) is 7.11 Å². The Bertz CT molecular complexity index is 158. The fourth-order valence-electron chi connectivity index (χ4n) is 0.901. The highest BCUT2D eigenvalue weighted by atomic mass is 16.5. The molecule has 0 rings (SSSR count). The second-order valence-corrected chi connectivity index (χ2v) is 2.67. The first-order valence-electron chi connectivity index (χ1n) is 3.94. The molecule has 2 atom stereocenters. The molecule has 12 heavy (non-hydrogen) atoms. The van der Waals surface area contributed by atoms with E-state index in [0.717, 1.165) is 6.42 Å². The zero-order chi connectivity index (χ0) is 9.56. The highest BCUT2D eigenvalue weighted by Gasteiger charge is 2.23. The number of esters is 1. The first kappa shape index (κ1) is 10.9. The standard InChI is InChI=1S/C8H15NO3/c1-4-6(2)7(9-5-10)8(11)12-3/h5-7H,4H2,1-3H3,(H,9,10)/t6-,7-/m0/s1. The Morgan fingerprint density at radius 3 is 2.58 bits per heavy atom. The maximum absolute atomic E-state index is 11.1. The van der Waals surface area contributed by atoms with Crippen LogP contribution in [-0.4, -0.2) is 25.5 Å². The summed E-state index contributed by atoms with van der Waals surface area (Å²) in [6.45, 7) is 3.84. The van der Waals surface area contributed by atoms with E-state index in [0.29, 0.717) is 6.41 Å². The molecule has 70 valence electrons. The maximum Gasteiger partial charge on any atom is 0.328 e. The third-order valence-corrected chi connectivity index (χ3v) is 1.92. The number of nitrogens with one attached hydrogen (secondary N) is 1. The molecule has 0 bridgehead atoms. The van der Waals surface area contributed by atoms with Crippen molar-refractivity contribution in [2.45, 2.75) is 26.3 Å². The van der Waals surface area contributed by atoms with Crippen molar-refractivity contribution in [2.75, 3.05) is 7.11 Å². The van der Waals surface area contributed by atoms with Crippen molar-refractivity contribution in [2.24, 2.45) is 5.92 Å². The molecule has 0 radical (unpaired) electrons. The van der Waals surface area contributed by atoms with E-state index < -0.39 is 12.0 Å². The summed E-state index contributed by atoms with van der Waals surface area (Å²) in [5, 5.41) is 2.43. The minimum atomic E-state index is -0.516. The molecule has 0 unspecified atom stereocenters. The number of hydrogen-bond donors (Lipinski definition) is 1. The zero-order valence-electron chi connectivity index (χ0n) is 7.66. The molecule has 0 aliphatic carbocycles. The van der Waals surface area contributed by atoms with Crippen LogP contribution >= 0.6 is 0 Å². The van der Waals surface area contributed by atoms with Crippen molar-refractivity contribution < 1.29 is 14.3 Å². The summed E-state index contributed by atoms with van der Waals surface area (Å²) in [5.74, 6) is -0.293. The summed E-state index contributed by atoms with van der Waals surface area (Å²) in [6.07, 6.45) is 1.34. The number of carbonyl (C=O) groups is 2. The highest BCUT2D eigenvalue weighted by Crippen LogP contribution is 2.08. The lowest BCUT2D eigenvalue weighted by atomic mass is 10.00. The Kier molecular flexibility index (Phi) is 5.08. The van der Waals surface area contributed by atoms with Gasteiger partial charge in [0.1, 0.15) is 6.04 Å². The van der Waals surface area contributed by atoms with Crippen LogP contribution in [0.4, 0.5) is 0 Å². The molecule has 1 N–H and O–H groups in total. The summed E-state index contributed by atoms with van der Waals surface area (Å²) in [6, 6.07) is -0.516. The average Bonchev–Trinajstić information content (AvgIpc) is 2.11. The largest absolute Gasteiger partial charge is 0.467 e. The van der Waals surface area contributed by atoms with Gasteiger partial charge in [0.15, 0.2) is 0 Å². The van der Waals surface area contributed by atoms with E-state index in [1.54, 1.807) is 0 Å². The second kappa shape index (κ2) is 5.57. The summed E-state index contributed by atoms with van der Waals surface area (Å²) in [7, 11) is 1.31. The molecule has 0 heterocycles. The molecule has 0 aromatic heterocycles. The minimum Gasteiger partial charge on any atom is -0.467 e. The predicted molar refractivity (Wildman–Crippen MR) is 44.5 cm³/mol. The Balaban J connectivity index is 4.20. The smallest absolute Gasteiger partial charge is 0.328 e. The lowest BCUT2D eigenvalue weighted by molar-refractivity contribution is -0.145. The van der Waals surface area contributed by atoms with E-state index in [2.05, 4.69) is 10.1 Å². The Morgan fingerprint density at radius 1 is 1.67 bits per heavy atom. The van der Waals surface area contributed by atoms with E-state index in [-0.39, 0.29) is 5.92 Å². The van der Waals surface area contributed by atoms with Gasteiger partial charge in [-0.25, -0.2) is 4.79 Å². The van der Waals surface area contributed by atoms with Crippen LogP contribution in [0, 0.1) is 5.92 Å². The Labute approximate surface area is 72.3 Å². The lowest BCUT2D eigenvalue weighted by Gasteiger charge is -2.19. The normalized spacial score (nSPS) is 14.6. The van der Waals surface area contributed by atoms with Crippen LogP contribution in [0.2, 0.25) is 0 Å². The number of amides is 1. The molecule has 0 aliphatic rings. The summed E-state index contributed by atoms with van der Waals surface area (Å²) in [5.41, 5.74) is 0. The first-order valence-corrected chi connectivity index (χ1v) is 3.94. The monoisotopic (exact) mass is 173 g/mol. The fourth-order valence-corrected chi connectivity index (χ4v) is 0.901. The van der Waals surface area contributed by atoms with Crippen molar-refractivity contribution in [3.8, 4) is 0 Å². The van der Waals surface area contributed by atoms with E-state index in [1.807, 2.05) is 13.8 Å². The molecular formula is C8H15NO3. The average molecular weight is 173 g/mol. The third-order valence-electron chi connectivity index (χ3n) is 1.92. The predicted octanol–water partition coefficient (Wildman–Crippen LogP) is 0.320. The van der Waals surface area contributed by atoms with Gasteiger partial charge in [0.2, 0.25) is 6.41 Å². The van der Waals surface area contributed by atoms with Gasteiger partial charge >= 0.3 is 5.97 Å². The van der Waals surface area contributed by atoms with Crippen molar-refractivity contribution in [3.05, 3.63) is 0 Å². The van der Waals surface area contributed by atoms with Crippen LogP contribution in [-0.2, 0) is 14.3 Å². The molecule has 0 aromatic carbocycles. The molecule has 0 fully saturated rings. The van der Waals surface area contributed by atoms with Crippen LogP contribution in [0.5, 0.6) is 0 Å². The molecule has 0 saturated carbocycles. The van der Waals surface area contributed by atoms with Gasteiger partial charge in [-0.3, -0.25) is 4.79 Å². The SMILES string of the molecule is CC[C@H](C)[C@H](NC=O)C(=O)OC. The van der Waals surface area contributed by atoms with Gasteiger partial charge in [-0.1, -0.05) is 20.3 Å². The van der Waals surface area contributed by atoms with Gasteiger partial charge in [0, 0.05) is 0 Å². The van der Waals surface area contributed by atoms with Crippen molar-refractivity contribution >= 4 is 12.4 Å². The van der Waals surface area contributed by atoms with Gasteiger partial charge in [-0.2, -0.15) is 0 Å². The molecule has 0 spiro atoms. The van der Waals surface area contributed by atoms with Gasteiger partial charge in [-0.15, -0.1) is 0 Å². The van der Waals surface area contributed by atoms with Crippen LogP contribution < -0.4 is 5.32 Å². The molecule has 0 aromatic rings. The summed E-state index contributed by atoms with van der Waals surface area (Å²) >= 11 is 0. The van der Waals surface area contributed by atoms with Crippen LogP contribution in [0.1, 0.15) is 20.3 Å². The van der Waals surface area contributed by atoms with Gasteiger partial charge < -0.3 is 10.1 Å². The van der Waals surface area contributed by atoms with Crippen molar-refractivity contribution in [3.63, 3.8) is 0 Å². The first-order chi connectivity index (χ1) is 5.67. The van der Waals surface area contributed by atoms with Crippen molar-refractivity contribution in [1.29, 1.82) is 0 Å². The zero-order valence-corrected chi connectivity index (χ0v) is 7.66. The number of methoxy groups -OCH3 is 1. The van der Waals surface area contributed by atoms with Crippen LogP contribution in [0.25, 0.3) is 0 Å². The number of ether oxygens (including phenoxy) is 1. The van der Waals surface area contributed by atoms with E-state index in [4.69, 9.17) is 0 Å². The quantitative estimate of drug-likeness (QED) is 0.481. The van der Waals surface area contributed by atoms with Gasteiger partial charge in [0.25, 0.3) is 0 Å². The van der Waals surface area contributed by atoms with E-state index in [9.17, 15) is 9.59 Å².